The molecular formula is C20H24N4O5. The molecule has 0 aliphatic carbocycles. The van der Waals surface area contributed by atoms with Gasteiger partial charge in [-0.05, 0) is 37.4 Å². The van der Waals surface area contributed by atoms with Crippen molar-refractivity contribution in [2.24, 2.45) is 0 Å². The smallest absolute Gasteiger partial charge is 0.305 e. The number of ether oxygens (including phenoxy) is 2. The fraction of sp³-hybridized carbons (Fsp3) is 0.350. The minimum Gasteiger partial charge on any atom is -0.493 e. The zero-order valence-corrected chi connectivity index (χ0v) is 16.7. The molecule has 2 amide bonds. The van der Waals surface area contributed by atoms with Gasteiger partial charge in [0.1, 0.15) is 5.76 Å². The number of hydrazine groups is 1. The van der Waals surface area contributed by atoms with Crippen LogP contribution in [-0.4, -0.2) is 43.5 Å². The van der Waals surface area contributed by atoms with Crippen LogP contribution in [0.25, 0.3) is 0 Å². The number of nitrogens with zero attached hydrogens (tertiary/aromatic N) is 2. The summed E-state index contributed by atoms with van der Waals surface area (Å²) in [7, 11) is 1.43. The minimum atomic E-state index is -0.570. The molecule has 9 nitrogen and oxygen atoms in total. The van der Waals surface area contributed by atoms with Crippen molar-refractivity contribution in [3.8, 4) is 17.6 Å². The van der Waals surface area contributed by atoms with Crippen LogP contribution in [-0.2, 0) is 11.3 Å². The monoisotopic (exact) mass is 400 g/mol. The maximum absolute atomic E-state index is 12.1. The van der Waals surface area contributed by atoms with Crippen molar-refractivity contribution >= 4 is 11.8 Å². The van der Waals surface area contributed by atoms with Crippen LogP contribution in [0.5, 0.6) is 11.5 Å². The molecule has 9 heteroatoms. The number of carbonyl (C=O) groups excluding carboxylic acids is 2. The van der Waals surface area contributed by atoms with Gasteiger partial charge in [-0.3, -0.25) is 25.3 Å². The molecule has 0 saturated heterocycles. The number of methoxy groups -OCH3 is 1. The molecule has 0 radical (unpaired) electrons. The molecular weight excluding hydrogens is 376 g/mol. The molecule has 154 valence electrons. The van der Waals surface area contributed by atoms with Crippen LogP contribution in [0.4, 0.5) is 0 Å². The van der Waals surface area contributed by atoms with E-state index in [0.29, 0.717) is 29.4 Å². The standard InChI is InChI=1S/C20H24N4O5/c1-4-24(5-2)12-15-7-9-17(29-15)20(26)23-22-19(25)13-28-16-8-6-14(11-21)10-18(16)27-3/h6-10H,4-5,12-13H2,1-3H3,(H,22,25)(H,23,26). The molecule has 0 aliphatic rings. The van der Waals surface area contributed by atoms with Crippen LogP contribution in [0.1, 0.15) is 35.7 Å². The number of hydrogen-bond donors (Lipinski definition) is 2. The van der Waals surface area contributed by atoms with Crippen LogP contribution in [0.15, 0.2) is 34.7 Å². The van der Waals surface area contributed by atoms with Crippen molar-refractivity contribution in [3.05, 3.63) is 47.4 Å². The summed E-state index contributed by atoms with van der Waals surface area (Å²) in [6.07, 6.45) is 0. The van der Waals surface area contributed by atoms with Crippen LogP contribution in [0, 0.1) is 11.3 Å². The van der Waals surface area contributed by atoms with Crippen LogP contribution in [0.3, 0.4) is 0 Å². The molecule has 1 aromatic carbocycles. The van der Waals surface area contributed by atoms with Crippen LogP contribution < -0.4 is 20.3 Å². The third kappa shape index (κ3) is 6.26. The van der Waals surface area contributed by atoms with Gasteiger partial charge in [-0.2, -0.15) is 5.26 Å². The Morgan fingerprint density at radius 1 is 1.14 bits per heavy atom. The van der Waals surface area contributed by atoms with Crippen molar-refractivity contribution < 1.29 is 23.5 Å². The molecule has 2 N–H and O–H groups in total. The second-order valence-electron chi connectivity index (χ2n) is 6.00. The highest BCUT2D eigenvalue weighted by atomic mass is 16.5. The number of carbonyl (C=O) groups is 2. The summed E-state index contributed by atoms with van der Waals surface area (Å²) in [5, 5.41) is 8.89. The molecule has 0 fully saturated rings. The van der Waals surface area contributed by atoms with Crippen molar-refractivity contribution in [2.75, 3.05) is 26.8 Å². The SMILES string of the molecule is CCN(CC)Cc1ccc(C(=O)NNC(=O)COc2ccc(C#N)cc2OC)o1. The summed E-state index contributed by atoms with van der Waals surface area (Å²) in [6, 6.07) is 9.85. The van der Waals surface area contributed by atoms with Gasteiger partial charge in [-0.15, -0.1) is 0 Å². The molecule has 1 aromatic heterocycles. The number of amides is 2. The van der Waals surface area contributed by atoms with E-state index in [-0.39, 0.29) is 12.4 Å². The Hall–Kier alpha value is -3.51. The predicted octanol–water partition coefficient (Wildman–Crippen LogP) is 1.84. The Morgan fingerprint density at radius 3 is 2.55 bits per heavy atom. The molecule has 29 heavy (non-hydrogen) atoms. The number of benzene rings is 1. The first kappa shape index (κ1) is 21.8. The Bertz CT molecular complexity index is 883. The second kappa shape index (κ2) is 10.7. The average molecular weight is 400 g/mol. The fourth-order valence-electron chi connectivity index (χ4n) is 2.48. The molecule has 0 unspecified atom stereocenters. The van der Waals surface area contributed by atoms with Gasteiger partial charge in [0.25, 0.3) is 5.91 Å². The Labute approximate surface area is 169 Å². The number of rotatable bonds is 9. The van der Waals surface area contributed by atoms with Gasteiger partial charge in [0, 0.05) is 6.07 Å². The van der Waals surface area contributed by atoms with Gasteiger partial charge in [0.2, 0.25) is 0 Å². The molecule has 2 rings (SSSR count). The van der Waals surface area contributed by atoms with E-state index in [9.17, 15) is 9.59 Å². The number of nitrogens with one attached hydrogen (secondary N) is 2. The van der Waals surface area contributed by atoms with Gasteiger partial charge in [-0.1, -0.05) is 13.8 Å². The van der Waals surface area contributed by atoms with Crippen molar-refractivity contribution in [3.63, 3.8) is 0 Å². The van der Waals surface area contributed by atoms with Gasteiger partial charge >= 0.3 is 5.91 Å². The van der Waals surface area contributed by atoms with Crippen molar-refractivity contribution in [1.82, 2.24) is 15.8 Å². The number of furan rings is 1. The van der Waals surface area contributed by atoms with Gasteiger partial charge < -0.3 is 13.9 Å². The summed E-state index contributed by atoms with van der Waals surface area (Å²) in [5.74, 6) is 0.264. The zero-order chi connectivity index (χ0) is 21.2. The van der Waals surface area contributed by atoms with Crippen LogP contribution in [0.2, 0.25) is 0 Å². The lowest BCUT2D eigenvalue weighted by molar-refractivity contribution is -0.123. The highest BCUT2D eigenvalue weighted by Gasteiger charge is 2.14. The lowest BCUT2D eigenvalue weighted by Crippen LogP contribution is -2.43. The van der Waals surface area contributed by atoms with E-state index >= 15 is 0 Å². The topological polar surface area (TPSA) is 117 Å². The molecule has 1 heterocycles. The minimum absolute atomic E-state index is 0.0992. The first-order valence-electron chi connectivity index (χ1n) is 9.11. The normalized spacial score (nSPS) is 10.3. The average Bonchev–Trinajstić information content (AvgIpc) is 3.22. The highest BCUT2D eigenvalue weighted by molar-refractivity contribution is 5.93. The highest BCUT2D eigenvalue weighted by Crippen LogP contribution is 2.27. The van der Waals surface area contributed by atoms with E-state index in [1.807, 2.05) is 19.9 Å². The lowest BCUT2D eigenvalue weighted by Gasteiger charge is -2.15. The molecule has 0 aliphatic heterocycles. The maximum atomic E-state index is 12.1. The molecule has 2 aromatic rings. The zero-order valence-electron chi connectivity index (χ0n) is 16.7. The van der Waals surface area contributed by atoms with E-state index in [1.165, 1.54) is 19.2 Å². The summed E-state index contributed by atoms with van der Waals surface area (Å²) in [6.45, 7) is 6.09. The maximum Gasteiger partial charge on any atom is 0.305 e. The first-order chi connectivity index (χ1) is 14.0. The Morgan fingerprint density at radius 2 is 1.90 bits per heavy atom. The summed E-state index contributed by atoms with van der Waals surface area (Å²) in [4.78, 5) is 26.2. The molecule has 0 saturated carbocycles. The van der Waals surface area contributed by atoms with E-state index in [0.717, 1.165) is 13.1 Å². The van der Waals surface area contributed by atoms with Crippen molar-refractivity contribution in [1.29, 1.82) is 5.26 Å². The molecule has 0 spiro atoms. The second-order valence-corrected chi connectivity index (χ2v) is 6.00. The fourth-order valence-corrected chi connectivity index (χ4v) is 2.48. The Kier molecular flexibility index (Phi) is 8.06. The first-order valence-corrected chi connectivity index (χ1v) is 9.11. The molecule has 0 bridgehead atoms. The third-order valence-electron chi connectivity index (χ3n) is 4.13. The van der Waals surface area contributed by atoms with E-state index in [1.54, 1.807) is 18.2 Å². The summed E-state index contributed by atoms with van der Waals surface area (Å²) >= 11 is 0. The van der Waals surface area contributed by atoms with Gasteiger partial charge in [-0.25, -0.2) is 0 Å². The quantitative estimate of drug-likeness (QED) is 0.617. The van der Waals surface area contributed by atoms with Gasteiger partial charge in [0.05, 0.1) is 25.3 Å². The molecule has 0 atom stereocenters. The third-order valence-corrected chi connectivity index (χ3v) is 4.13. The summed E-state index contributed by atoms with van der Waals surface area (Å²) < 4.78 is 16.0. The van der Waals surface area contributed by atoms with Gasteiger partial charge in [0.15, 0.2) is 23.9 Å². The summed E-state index contributed by atoms with van der Waals surface area (Å²) in [5.41, 5.74) is 4.94. The van der Waals surface area contributed by atoms with Crippen molar-refractivity contribution in [2.45, 2.75) is 20.4 Å². The number of hydrogen-bond acceptors (Lipinski definition) is 7. The van der Waals surface area contributed by atoms with E-state index in [2.05, 4.69) is 15.8 Å². The largest absolute Gasteiger partial charge is 0.493 e. The van der Waals surface area contributed by atoms with E-state index < -0.39 is 11.8 Å². The number of nitriles is 1. The predicted molar refractivity (Wildman–Crippen MR) is 104 cm³/mol. The Balaban J connectivity index is 1.83. The lowest BCUT2D eigenvalue weighted by atomic mass is 10.2. The van der Waals surface area contributed by atoms with E-state index in [4.69, 9.17) is 19.2 Å². The van der Waals surface area contributed by atoms with Crippen LogP contribution >= 0.6 is 0 Å².